The summed E-state index contributed by atoms with van der Waals surface area (Å²) in [6, 6.07) is 12.9. The van der Waals surface area contributed by atoms with Gasteiger partial charge in [0.2, 0.25) is 11.8 Å². The number of carbonyl (C=O) groups excluding carboxylic acids is 2. The van der Waals surface area contributed by atoms with Crippen LogP contribution in [0.15, 0.2) is 42.5 Å². The van der Waals surface area contributed by atoms with Crippen molar-refractivity contribution in [1.82, 2.24) is 5.32 Å². The lowest BCUT2D eigenvalue weighted by molar-refractivity contribution is -0.125. The Labute approximate surface area is 170 Å². The van der Waals surface area contributed by atoms with Crippen LogP contribution < -0.4 is 24.4 Å². The summed E-state index contributed by atoms with van der Waals surface area (Å²) in [4.78, 5) is 26.7. The number of amides is 2. The monoisotopic (exact) mass is 398 g/mol. The fraction of sp³-hybridized carbons (Fsp3) is 0.364. The molecule has 0 saturated carbocycles. The Morgan fingerprint density at radius 1 is 1.10 bits per heavy atom. The molecule has 7 nitrogen and oxygen atoms in total. The van der Waals surface area contributed by atoms with E-state index in [1.54, 1.807) is 25.2 Å². The summed E-state index contributed by atoms with van der Waals surface area (Å²) in [5.74, 6) is 1.59. The molecule has 0 saturated heterocycles. The molecule has 154 valence electrons. The molecule has 29 heavy (non-hydrogen) atoms. The van der Waals surface area contributed by atoms with E-state index in [1.165, 1.54) is 0 Å². The van der Waals surface area contributed by atoms with E-state index in [2.05, 4.69) is 5.32 Å². The molecule has 0 unspecified atom stereocenters. The van der Waals surface area contributed by atoms with Crippen LogP contribution in [0.2, 0.25) is 0 Å². The van der Waals surface area contributed by atoms with Gasteiger partial charge in [-0.2, -0.15) is 0 Å². The SMILES string of the molecule is COc1cccc(CNC(=O)CCC(=O)N2C[C@@H](C)Oc3ccccc32)c1OC. The second-order valence-corrected chi connectivity index (χ2v) is 6.83. The predicted molar refractivity (Wildman–Crippen MR) is 110 cm³/mol. The van der Waals surface area contributed by atoms with Crippen molar-refractivity contribution in [2.45, 2.75) is 32.4 Å². The molecule has 2 amide bonds. The predicted octanol–water partition coefficient (Wildman–Crippen LogP) is 2.91. The number of para-hydroxylation sites is 3. The van der Waals surface area contributed by atoms with Crippen molar-refractivity contribution >= 4 is 17.5 Å². The maximum atomic E-state index is 12.7. The van der Waals surface area contributed by atoms with Crippen LogP contribution in [0, 0.1) is 0 Å². The molecule has 1 heterocycles. The highest BCUT2D eigenvalue weighted by atomic mass is 16.5. The van der Waals surface area contributed by atoms with E-state index >= 15 is 0 Å². The lowest BCUT2D eigenvalue weighted by Gasteiger charge is -2.33. The van der Waals surface area contributed by atoms with E-state index in [0.29, 0.717) is 30.3 Å². The van der Waals surface area contributed by atoms with Crippen LogP contribution in [0.5, 0.6) is 17.2 Å². The number of carbonyl (C=O) groups is 2. The number of rotatable bonds is 7. The zero-order valence-corrected chi connectivity index (χ0v) is 16.9. The maximum Gasteiger partial charge on any atom is 0.227 e. The number of methoxy groups -OCH3 is 2. The Bertz CT molecular complexity index is 883. The minimum atomic E-state index is -0.196. The van der Waals surface area contributed by atoms with E-state index in [0.717, 1.165) is 11.3 Å². The molecule has 1 N–H and O–H groups in total. The Balaban J connectivity index is 1.56. The third-order valence-electron chi connectivity index (χ3n) is 4.75. The summed E-state index contributed by atoms with van der Waals surface area (Å²) in [5, 5.41) is 2.84. The van der Waals surface area contributed by atoms with Crippen LogP contribution in [0.4, 0.5) is 5.69 Å². The van der Waals surface area contributed by atoms with Gasteiger partial charge in [0.15, 0.2) is 11.5 Å². The first kappa shape index (κ1) is 20.5. The zero-order valence-electron chi connectivity index (χ0n) is 16.9. The smallest absolute Gasteiger partial charge is 0.227 e. The van der Waals surface area contributed by atoms with Gasteiger partial charge < -0.3 is 24.4 Å². The largest absolute Gasteiger partial charge is 0.493 e. The topological polar surface area (TPSA) is 77.1 Å². The van der Waals surface area contributed by atoms with E-state index in [-0.39, 0.29) is 30.8 Å². The fourth-order valence-electron chi connectivity index (χ4n) is 3.36. The molecule has 3 rings (SSSR count). The summed E-state index contributed by atoms with van der Waals surface area (Å²) in [6.07, 6.45) is 0.143. The van der Waals surface area contributed by atoms with E-state index in [4.69, 9.17) is 14.2 Å². The summed E-state index contributed by atoms with van der Waals surface area (Å²) in [7, 11) is 3.12. The van der Waals surface area contributed by atoms with Crippen LogP contribution in [0.1, 0.15) is 25.3 Å². The van der Waals surface area contributed by atoms with Crippen molar-refractivity contribution in [1.29, 1.82) is 0 Å². The summed E-state index contributed by atoms with van der Waals surface area (Å²) in [5.41, 5.74) is 1.56. The Morgan fingerprint density at radius 3 is 2.66 bits per heavy atom. The Morgan fingerprint density at radius 2 is 1.90 bits per heavy atom. The molecular formula is C22H26N2O5. The van der Waals surface area contributed by atoms with E-state index < -0.39 is 0 Å². The molecule has 0 radical (unpaired) electrons. The van der Waals surface area contributed by atoms with Crippen LogP contribution in [0.3, 0.4) is 0 Å². The number of anilines is 1. The molecule has 2 aromatic carbocycles. The average molecular weight is 398 g/mol. The second-order valence-electron chi connectivity index (χ2n) is 6.83. The molecule has 0 bridgehead atoms. The molecule has 0 spiro atoms. The first-order valence-corrected chi connectivity index (χ1v) is 9.56. The average Bonchev–Trinajstić information content (AvgIpc) is 2.74. The highest BCUT2D eigenvalue weighted by Gasteiger charge is 2.27. The fourth-order valence-corrected chi connectivity index (χ4v) is 3.36. The second kappa shape index (κ2) is 9.32. The van der Waals surface area contributed by atoms with Gasteiger partial charge in [0, 0.05) is 24.9 Å². The first-order valence-electron chi connectivity index (χ1n) is 9.56. The van der Waals surface area contributed by atoms with Crippen LogP contribution >= 0.6 is 0 Å². The van der Waals surface area contributed by atoms with Gasteiger partial charge in [-0.25, -0.2) is 0 Å². The Hall–Kier alpha value is -3.22. The minimum absolute atomic E-state index is 0.0943. The van der Waals surface area contributed by atoms with Crippen molar-refractivity contribution in [2.75, 3.05) is 25.7 Å². The summed E-state index contributed by atoms with van der Waals surface area (Å²) in [6.45, 7) is 2.69. The number of benzene rings is 2. The molecule has 0 fully saturated rings. The van der Waals surface area contributed by atoms with Gasteiger partial charge in [0.1, 0.15) is 11.9 Å². The minimum Gasteiger partial charge on any atom is -0.493 e. The quantitative estimate of drug-likeness (QED) is 0.776. The van der Waals surface area contributed by atoms with E-state index in [1.807, 2.05) is 43.3 Å². The van der Waals surface area contributed by atoms with E-state index in [9.17, 15) is 9.59 Å². The third-order valence-corrected chi connectivity index (χ3v) is 4.75. The third kappa shape index (κ3) is 4.80. The maximum absolute atomic E-state index is 12.7. The zero-order chi connectivity index (χ0) is 20.8. The standard InChI is InChI=1S/C22H26N2O5/c1-15-14-24(17-8-4-5-9-18(17)29-15)21(26)12-11-20(25)23-13-16-7-6-10-19(27-2)22(16)28-3/h4-10,15H,11-14H2,1-3H3,(H,23,25)/t15-/m1/s1. The van der Waals surface area contributed by atoms with Gasteiger partial charge in [-0.15, -0.1) is 0 Å². The van der Waals surface area contributed by atoms with Gasteiger partial charge in [0.05, 0.1) is 26.5 Å². The number of nitrogens with zero attached hydrogens (tertiary/aromatic N) is 1. The van der Waals surface area contributed by atoms with Crippen molar-refractivity contribution in [3.63, 3.8) is 0 Å². The van der Waals surface area contributed by atoms with Gasteiger partial charge in [-0.05, 0) is 25.1 Å². The molecular weight excluding hydrogens is 372 g/mol. The van der Waals surface area contributed by atoms with Gasteiger partial charge in [-0.1, -0.05) is 24.3 Å². The van der Waals surface area contributed by atoms with Crippen LogP contribution in [-0.4, -0.2) is 38.7 Å². The normalized spacial score (nSPS) is 15.1. The molecule has 1 aliphatic rings. The van der Waals surface area contributed by atoms with Crippen molar-refractivity contribution < 1.29 is 23.8 Å². The molecule has 2 aromatic rings. The number of hydrogen-bond donors (Lipinski definition) is 1. The lowest BCUT2D eigenvalue weighted by Crippen LogP contribution is -2.42. The van der Waals surface area contributed by atoms with Gasteiger partial charge in [-0.3, -0.25) is 9.59 Å². The Kier molecular flexibility index (Phi) is 6.59. The van der Waals surface area contributed by atoms with Crippen molar-refractivity contribution in [3.8, 4) is 17.2 Å². The highest BCUT2D eigenvalue weighted by Crippen LogP contribution is 2.33. The molecule has 7 heteroatoms. The van der Waals surface area contributed by atoms with Crippen LogP contribution in [0.25, 0.3) is 0 Å². The molecule has 1 aliphatic heterocycles. The lowest BCUT2D eigenvalue weighted by atomic mass is 10.1. The van der Waals surface area contributed by atoms with Gasteiger partial charge >= 0.3 is 0 Å². The van der Waals surface area contributed by atoms with Crippen molar-refractivity contribution in [3.05, 3.63) is 48.0 Å². The summed E-state index contributed by atoms with van der Waals surface area (Å²) >= 11 is 0. The number of nitrogens with one attached hydrogen (secondary N) is 1. The molecule has 1 atom stereocenters. The van der Waals surface area contributed by atoms with Gasteiger partial charge in [0.25, 0.3) is 0 Å². The summed E-state index contributed by atoms with van der Waals surface area (Å²) < 4.78 is 16.4. The van der Waals surface area contributed by atoms with Crippen LogP contribution in [-0.2, 0) is 16.1 Å². The molecule has 0 aliphatic carbocycles. The highest BCUT2D eigenvalue weighted by molar-refractivity contribution is 5.97. The number of hydrogen-bond acceptors (Lipinski definition) is 5. The molecule has 0 aromatic heterocycles. The number of fused-ring (bicyclic) bond motifs is 1. The first-order chi connectivity index (χ1) is 14.0. The van der Waals surface area contributed by atoms with Crippen molar-refractivity contribution in [2.24, 2.45) is 0 Å². The number of ether oxygens (including phenoxy) is 3.